The first-order chi connectivity index (χ1) is 13.8. The van der Waals surface area contributed by atoms with E-state index in [-0.39, 0.29) is 11.5 Å². The van der Waals surface area contributed by atoms with Gasteiger partial charge < -0.3 is 4.90 Å². The van der Waals surface area contributed by atoms with Gasteiger partial charge in [-0.25, -0.2) is 13.6 Å². The molecule has 2 N–H and O–H groups in total. The highest BCUT2D eigenvalue weighted by molar-refractivity contribution is 7.89. The largest absolute Gasteiger partial charge is 0.369 e. The average molecular weight is 417 g/mol. The van der Waals surface area contributed by atoms with Crippen LogP contribution in [0.25, 0.3) is 0 Å². The van der Waals surface area contributed by atoms with E-state index in [1.54, 1.807) is 19.3 Å². The Morgan fingerprint density at radius 2 is 1.69 bits per heavy atom. The van der Waals surface area contributed by atoms with E-state index in [1.807, 2.05) is 42.5 Å². The van der Waals surface area contributed by atoms with Crippen LogP contribution in [0.3, 0.4) is 0 Å². The summed E-state index contributed by atoms with van der Waals surface area (Å²) in [4.78, 5) is 21.6. The summed E-state index contributed by atoms with van der Waals surface area (Å²) in [5.74, 6) is -0.109. The zero-order chi connectivity index (χ0) is 20.9. The first-order valence-corrected chi connectivity index (χ1v) is 11.5. The summed E-state index contributed by atoms with van der Waals surface area (Å²) in [6.07, 6.45) is 4.30. The van der Waals surface area contributed by atoms with Gasteiger partial charge in [-0.3, -0.25) is 14.7 Å². The summed E-state index contributed by atoms with van der Waals surface area (Å²) in [6.45, 7) is 4.56. The van der Waals surface area contributed by atoms with Gasteiger partial charge in [-0.05, 0) is 37.5 Å². The molecule has 0 saturated carbocycles. The van der Waals surface area contributed by atoms with Crippen molar-refractivity contribution < 1.29 is 13.2 Å². The smallest absolute Gasteiger partial charge is 0.209 e. The zero-order valence-electron chi connectivity index (χ0n) is 16.7. The molecular formula is C21H28N4O3S. The minimum absolute atomic E-state index is 0.0236. The van der Waals surface area contributed by atoms with Gasteiger partial charge in [-0.15, -0.1) is 0 Å². The number of carbonyl (C=O) groups excluding carboxylic acids is 1. The van der Waals surface area contributed by atoms with E-state index in [4.69, 9.17) is 5.14 Å². The van der Waals surface area contributed by atoms with Gasteiger partial charge in [0.2, 0.25) is 10.0 Å². The number of piperazine rings is 1. The van der Waals surface area contributed by atoms with Crippen molar-refractivity contribution in [1.29, 1.82) is 0 Å². The van der Waals surface area contributed by atoms with E-state index in [1.165, 1.54) is 0 Å². The molecule has 1 aromatic carbocycles. The highest BCUT2D eigenvalue weighted by Crippen LogP contribution is 2.36. The molecule has 0 bridgehead atoms. The van der Waals surface area contributed by atoms with Crippen molar-refractivity contribution in [1.82, 2.24) is 9.88 Å². The number of sulfonamides is 1. The number of rotatable bonds is 8. The second kappa shape index (κ2) is 9.02. The minimum atomic E-state index is -3.57. The third kappa shape index (κ3) is 5.01. The summed E-state index contributed by atoms with van der Waals surface area (Å²) in [7, 11) is -3.57. The Bertz CT molecular complexity index is 913. The molecular weight excluding hydrogens is 388 g/mol. The molecule has 0 spiro atoms. The van der Waals surface area contributed by atoms with Crippen LogP contribution in [-0.2, 0) is 20.4 Å². The topological polar surface area (TPSA) is 96.6 Å². The molecule has 0 amide bonds. The quantitative estimate of drug-likeness (QED) is 0.704. The molecule has 3 rings (SSSR count). The third-order valence-electron chi connectivity index (χ3n) is 5.65. The first kappa shape index (κ1) is 21.4. The minimum Gasteiger partial charge on any atom is -0.369 e. The van der Waals surface area contributed by atoms with Gasteiger partial charge in [0.05, 0.1) is 5.75 Å². The predicted molar refractivity (Wildman–Crippen MR) is 114 cm³/mol. The molecule has 1 saturated heterocycles. The number of pyridine rings is 1. The maximum Gasteiger partial charge on any atom is 0.209 e. The maximum atomic E-state index is 13.0. The SMILES string of the molecule is CC(=O)C(CCCS(N)(=O)=O)(c1ccccc1)N1CCN(c2ccncc2)CC1. The third-order valence-corrected chi connectivity index (χ3v) is 6.51. The summed E-state index contributed by atoms with van der Waals surface area (Å²) in [5, 5.41) is 5.20. The van der Waals surface area contributed by atoms with Gasteiger partial charge in [0, 0.05) is 44.3 Å². The van der Waals surface area contributed by atoms with Crippen LogP contribution >= 0.6 is 0 Å². The fraction of sp³-hybridized carbons (Fsp3) is 0.429. The lowest BCUT2D eigenvalue weighted by molar-refractivity contribution is -0.131. The van der Waals surface area contributed by atoms with Crippen molar-refractivity contribution in [2.24, 2.45) is 5.14 Å². The van der Waals surface area contributed by atoms with E-state index in [9.17, 15) is 13.2 Å². The van der Waals surface area contributed by atoms with Gasteiger partial charge >= 0.3 is 0 Å². The highest BCUT2D eigenvalue weighted by Gasteiger charge is 2.43. The first-order valence-electron chi connectivity index (χ1n) is 9.80. The summed E-state index contributed by atoms with van der Waals surface area (Å²) in [5.41, 5.74) is 1.16. The molecule has 1 aromatic heterocycles. The number of Topliss-reactive ketones (excluding diaryl/α,β-unsaturated/α-hetero) is 1. The number of anilines is 1. The van der Waals surface area contributed by atoms with Crippen LogP contribution in [0.2, 0.25) is 0 Å². The number of aromatic nitrogens is 1. The molecule has 156 valence electrons. The Labute approximate surface area is 172 Å². The lowest BCUT2D eigenvalue weighted by Gasteiger charge is -2.47. The predicted octanol–water partition coefficient (Wildman–Crippen LogP) is 1.76. The average Bonchev–Trinajstić information content (AvgIpc) is 2.72. The van der Waals surface area contributed by atoms with Gasteiger partial charge in [0.1, 0.15) is 5.54 Å². The monoisotopic (exact) mass is 416 g/mol. The summed E-state index contributed by atoms with van der Waals surface area (Å²) in [6, 6.07) is 13.6. The van der Waals surface area contributed by atoms with Gasteiger partial charge in [0.15, 0.2) is 5.78 Å². The number of ketones is 1. The Kier molecular flexibility index (Phi) is 6.66. The van der Waals surface area contributed by atoms with E-state index in [0.29, 0.717) is 25.9 Å². The molecule has 1 aliphatic heterocycles. The van der Waals surface area contributed by atoms with Gasteiger partial charge in [0.25, 0.3) is 0 Å². The Hall–Kier alpha value is -2.29. The molecule has 0 aliphatic carbocycles. The molecule has 2 heterocycles. The number of nitrogens with zero attached hydrogens (tertiary/aromatic N) is 3. The summed E-state index contributed by atoms with van der Waals surface area (Å²) < 4.78 is 22.9. The number of primary sulfonamides is 1. The molecule has 1 atom stereocenters. The van der Waals surface area contributed by atoms with Crippen LogP contribution in [-0.4, -0.2) is 56.0 Å². The molecule has 2 aromatic rings. The van der Waals surface area contributed by atoms with Crippen molar-refractivity contribution in [2.75, 3.05) is 36.8 Å². The number of nitrogens with two attached hydrogens (primary N) is 1. The zero-order valence-corrected chi connectivity index (χ0v) is 17.5. The van der Waals surface area contributed by atoms with Crippen molar-refractivity contribution in [2.45, 2.75) is 25.3 Å². The lowest BCUT2D eigenvalue weighted by Crippen LogP contribution is -2.58. The maximum absolute atomic E-state index is 13.0. The number of hydrogen-bond donors (Lipinski definition) is 1. The molecule has 1 aliphatic rings. The van der Waals surface area contributed by atoms with E-state index >= 15 is 0 Å². The molecule has 8 heteroatoms. The van der Waals surface area contributed by atoms with Crippen LogP contribution < -0.4 is 10.0 Å². The number of carbonyl (C=O) groups is 1. The highest BCUT2D eigenvalue weighted by atomic mass is 32.2. The fourth-order valence-electron chi connectivity index (χ4n) is 4.23. The Morgan fingerprint density at radius 1 is 1.07 bits per heavy atom. The van der Waals surface area contributed by atoms with Crippen molar-refractivity contribution in [3.63, 3.8) is 0 Å². The van der Waals surface area contributed by atoms with Crippen LogP contribution in [0, 0.1) is 0 Å². The standard InChI is InChI=1S/C21H28N4O3S/c1-18(26)21(10-5-17-29(22,27)28,19-6-3-2-4-7-19)25-15-13-24(14-16-25)20-8-11-23-12-9-20/h2-4,6-9,11-12H,5,10,13-17H2,1H3,(H2,22,27,28). The van der Waals surface area contributed by atoms with Crippen LogP contribution in [0.4, 0.5) is 5.69 Å². The lowest BCUT2D eigenvalue weighted by atomic mass is 9.80. The molecule has 1 fully saturated rings. The van der Waals surface area contributed by atoms with Crippen LogP contribution in [0.5, 0.6) is 0 Å². The second-order valence-corrected chi connectivity index (χ2v) is 9.17. The molecule has 1 unspecified atom stereocenters. The normalized spacial score (nSPS) is 17.7. The van der Waals surface area contributed by atoms with Crippen LogP contribution in [0.15, 0.2) is 54.9 Å². The summed E-state index contributed by atoms with van der Waals surface area (Å²) >= 11 is 0. The van der Waals surface area contributed by atoms with Gasteiger partial charge in [-0.2, -0.15) is 0 Å². The molecule has 0 radical (unpaired) electrons. The van der Waals surface area contributed by atoms with E-state index in [2.05, 4.69) is 14.8 Å². The van der Waals surface area contributed by atoms with E-state index < -0.39 is 15.6 Å². The van der Waals surface area contributed by atoms with Crippen molar-refractivity contribution in [3.05, 3.63) is 60.4 Å². The number of hydrogen-bond acceptors (Lipinski definition) is 6. The Balaban J connectivity index is 1.86. The van der Waals surface area contributed by atoms with Gasteiger partial charge in [-0.1, -0.05) is 30.3 Å². The second-order valence-electron chi connectivity index (χ2n) is 7.43. The van der Waals surface area contributed by atoms with Crippen LogP contribution in [0.1, 0.15) is 25.3 Å². The van der Waals surface area contributed by atoms with Crippen molar-refractivity contribution >= 4 is 21.5 Å². The molecule has 7 nitrogen and oxygen atoms in total. The van der Waals surface area contributed by atoms with E-state index in [0.717, 1.165) is 24.3 Å². The Morgan fingerprint density at radius 3 is 2.24 bits per heavy atom. The number of benzene rings is 1. The molecule has 29 heavy (non-hydrogen) atoms. The van der Waals surface area contributed by atoms with Crippen molar-refractivity contribution in [3.8, 4) is 0 Å². The fourth-order valence-corrected chi connectivity index (χ4v) is 4.78.